The molecule has 2 aromatic rings. The van der Waals surface area contributed by atoms with E-state index in [9.17, 15) is 4.79 Å². The number of fused-ring (bicyclic) bond motifs is 1. The standard InChI is InChI=1S/C17H21N3O/c1-4-12-6-5-7-14-13(10-20-15(12)14)8-9-19-16(21)17(2,3)11-18/h5-7,10,20H,4,8-9H2,1-3H3,(H,19,21). The Morgan fingerprint density at radius 1 is 1.38 bits per heavy atom. The molecule has 0 spiro atoms. The van der Waals surface area contributed by atoms with Gasteiger partial charge in [-0.3, -0.25) is 4.79 Å². The van der Waals surface area contributed by atoms with Crippen molar-refractivity contribution in [2.45, 2.75) is 33.6 Å². The van der Waals surface area contributed by atoms with E-state index in [1.54, 1.807) is 13.8 Å². The number of H-pyrrole nitrogens is 1. The van der Waals surface area contributed by atoms with E-state index in [4.69, 9.17) is 5.26 Å². The molecule has 2 N–H and O–H groups in total. The van der Waals surface area contributed by atoms with Crippen molar-refractivity contribution in [1.82, 2.24) is 10.3 Å². The van der Waals surface area contributed by atoms with Crippen LogP contribution in [0.1, 0.15) is 31.9 Å². The molecular weight excluding hydrogens is 262 g/mol. The summed E-state index contributed by atoms with van der Waals surface area (Å²) in [5.41, 5.74) is 2.69. The molecule has 0 atom stereocenters. The van der Waals surface area contributed by atoms with Gasteiger partial charge in [-0.25, -0.2) is 0 Å². The van der Waals surface area contributed by atoms with Gasteiger partial charge in [0.05, 0.1) is 6.07 Å². The Hall–Kier alpha value is -2.28. The van der Waals surface area contributed by atoms with Crippen LogP contribution in [0.15, 0.2) is 24.4 Å². The number of para-hydroxylation sites is 1. The Morgan fingerprint density at radius 3 is 2.81 bits per heavy atom. The number of nitriles is 1. The molecule has 4 heteroatoms. The predicted octanol–water partition coefficient (Wildman–Crippen LogP) is 2.94. The maximum absolute atomic E-state index is 11.8. The minimum Gasteiger partial charge on any atom is -0.361 e. The van der Waals surface area contributed by atoms with Crippen molar-refractivity contribution in [1.29, 1.82) is 5.26 Å². The third-order valence-corrected chi connectivity index (χ3v) is 3.80. The number of aromatic amines is 1. The van der Waals surface area contributed by atoms with Crippen LogP contribution in [0.5, 0.6) is 0 Å². The monoisotopic (exact) mass is 283 g/mol. The average Bonchev–Trinajstić information content (AvgIpc) is 2.90. The maximum atomic E-state index is 11.8. The van der Waals surface area contributed by atoms with E-state index in [1.807, 2.05) is 12.3 Å². The number of amides is 1. The van der Waals surface area contributed by atoms with E-state index in [2.05, 4.69) is 35.4 Å². The van der Waals surface area contributed by atoms with Crippen LogP contribution in [-0.2, 0) is 17.6 Å². The van der Waals surface area contributed by atoms with Gasteiger partial charge in [0.1, 0.15) is 5.41 Å². The fourth-order valence-electron chi connectivity index (χ4n) is 2.36. The van der Waals surface area contributed by atoms with Crippen LogP contribution in [-0.4, -0.2) is 17.4 Å². The number of nitrogens with one attached hydrogen (secondary N) is 2. The van der Waals surface area contributed by atoms with Crippen LogP contribution in [0.25, 0.3) is 10.9 Å². The Bertz CT molecular complexity index is 692. The number of nitrogens with zero attached hydrogens (tertiary/aromatic N) is 1. The lowest BCUT2D eigenvalue weighted by atomic mass is 9.95. The van der Waals surface area contributed by atoms with Crippen LogP contribution < -0.4 is 5.32 Å². The van der Waals surface area contributed by atoms with Crippen molar-refractivity contribution >= 4 is 16.8 Å². The molecule has 0 aliphatic heterocycles. The molecular formula is C17H21N3O. The Balaban J connectivity index is 2.05. The number of rotatable bonds is 5. The van der Waals surface area contributed by atoms with Gasteiger partial charge in [0, 0.05) is 23.6 Å². The molecule has 1 aromatic heterocycles. The van der Waals surface area contributed by atoms with Gasteiger partial charge in [0.2, 0.25) is 5.91 Å². The number of carbonyl (C=O) groups excluding carboxylic acids is 1. The van der Waals surface area contributed by atoms with Crippen molar-refractivity contribution in [3.63, 3.8) is 0 Å². The molecule has 0 aliphatic carbocycles. The van der Waals surface area contributed by atoms with E-state index in [0.29, 0.717) is 6.54 Å². The molecule has 0 saturated carbocycles. The summed E-state index contributed by atoms with van der Waals surface area (Å²) in [5, 5.41) is 13.0. The van der Waals surface area contributed by atoms with Gasteiger partial charge in [-0.2, -0.15) is 5.26 Å². The van der Waals surface area contributed by atoms with Crippen LogP contribution in [0.4, 0.5) is 0 Å². The molecule has 1 amide bonds. The highest BCUT2D eigenvalue weighted by Crippen LogP contribution is 2.22. The summed E-state index contributed by atoms with van der Waals surface area (Å²) >= 11 is 0. The summed E-state index contributed by atoms with van der Waals surface area (Å²) < 4.78 is 0. The summed E-state index contributed by atoms with van der Waals surface area (Å²) in [6.07, 6.45) is 3.75. The van der Waals surface area contributed by atoms with Crippen molar-refractivity contribution in [3.8, 4) is 6.07 Å². The van der Waals surface area contributed by atoms with Gasteiger partial charge in [-0.1, -0.05) is 25.1 Å². The second-order valence-electron chi connectivity index (χ2n) is 5.75. The highest BCUT2D eigenvalue weighted by molar-refractivity contribution is 5.86. The summed E-state index contributed by atoms with van der Waals surface area (Å²) in [6, 6.07) is 8.30. The highest BCUT2D eigenvalue weighted by Gasteiger charge is 2.26. The fourth-order valence-corrected chi connectivity index (χ4v) is 2.36. The van der Waals surface area contributed by atoms with E-state index < -0.39 is 5.41 Å². The Labute approximate surface area is 125 Å². The first-order valence-electron chi connectivity index (χ1n) is 7.27. The minimum atomic E-state index is -0.977. The number of aryl methyl sites for hydroxylation is 1. The van der Waals surface area contributed by atoms with Gasteiger partial charge in [-0.05, 0) is 37.8 Å². The maximum Gasteiger partial charge on any atom is 0.239 e. The average molecular weight is 283 g/mol. The third kappa shape index (κ3) is 3.08. The second-order valence-corrected chi connectivity index (χ2v) is 5.75. The first-order chi connectivity index (χ1) is 9.99. The first-order valence-corrected chi connectivity index (χ1v) is 7.27. The Kier molecular flexibility index (Phi) is 4.32. The zero-order valence-corrected chi connectivity index (χ0v) is 12.8. The van der Waals surface area contributed by atoms with Gasteiger partial charge in [0.15, 0.2) is 0 Å². The van der Waals surface area contributed by atoms with Gasteiger partial charge < -0.3 is 10.3 Å². The van der Waals surface area contributed by atoms with Gasteiger partial charge >= 0.3 is 0 Å². The lowest BCUT2D eigenvalue weighted by Gasteiger charge is -2.14. The predicted molar refractivity (Wildman–Crippen MR) is 83.8 cm³/mol. The van der Waals surface area contributed by atoms with E-state index in [1.165, 1.54) is 22.0 Å². The van der Waals surface area contributed by atoms with Gasteiger partial charge in [0.25, 0.3) is 0 Å². The number of hydrogen-bond acceptors (Lipinski definition) is 2. The summed E-state index contributed by atoms with van der Waals surface area (Å²) in [6.45, 7) is 5.93. The molecule has 0 aliphatic rings. The molecule has 0 fully saturated rings. The van der Waals surface area contributed by atoms with Crippen molar-refractivity contribution in [3.05, 3.63) is 35.5 Å². The van der Waals surface area contributed by atoms with Crippen LogP contribution in [0.3, 0.4) is 0 Å². The van der Waals surface area contributed by atoms with Crippen molar-refractivity contribution in [2.24, 2.45) is 5.41 Å². The summed E-state index contributed by atoms with van der Waals surface area (Å²) in [5.74, 6) is -0.223. The van der Waals surface area contributed by atoms with Crippen molar-refractivity contribution < 1.29 is 4.79 Å². The smallest absolute Gasteiger partial charge is 0.239 e. The minimum absolute atomic E-state index is 0.223. The highest BCUT2D eigenvalue weighted by atomic mass is 16.2. The van der Waals surface area contributed by atoms with Crippen LogP contribution >= 0.6 is 0 Å². The van der Waals surface area contributed by atoms with Crippen LogP contribution in [0, 0.1) is 16.7 Å². The van der Waals surface area contributed by atoms with Gasteiger partial charge in [-0.15, -0.1) is 0 Å². The van der Waals surface area contributed by atoms with E-state index >= 15 is 0 Å². The largest absolute Gasteiger partial charge is 0.361 e. The topological polar surface area (TPSA) is 68.7 Å². The lowest BCUT2D eigenvalue weighted by molar-refractivity contribution is -0.126. The number of carbonyl (C=O) groups is 1. The normalized spacial score (nSPS) is 11.3. The second kappa shape index (κ2) is 6.01. The number of aromatic nitrogens is 1. The molecule has 0 saturated heterocycles. The summed E-state index contributed by atoms with van der Waals surface area (Å²) in [4.78, 5) is 15.2. The Morgan fingerprint density at radius 2 is 2.14 bits per heavy atom. The fraction of sp³-hybridized carbons (Fsp3) is 0.412. The lowest BCUT2D eigenvalue weighted by Crippen LogP contribution is -2.36. The van der Waals surface area contributed by atoms with E-state index in [-0.39, 0.29) is 5.91 Å². The molecule has 0 radical (unpaired) electrons. The van der Waals surface area contributed by atoms with Crippen molar-refractivity contribution in [2.75, 3.05) is 6.54 Å². The number of hydrogen-bond donors (Lipinski definition) is 2. The molecule has 0 bridgehead atoms. The molecule has 2 rings (SSSR count). The van der Waals surface area contributed by atoms with E-state index in [0.717, 1.165) is 12.8 Å². The SMILES string of the molecule is CCc1cccc2c(CCNC(=O)C(C)(C)C#N)c[nH]c12. The zero-order chi connectivity index (χ0) is 15.5. The molecule has 1 heterocycles. The first kappa shape index (κ1) is 15.1. The molecule has 21 heavy (non-hydrogen) atoms. The van der Waals surface area contributed by atoms with Crippen LogP contribution in [0.2, 0.25) is 0 Å². The quantitative estimate of drug-likeness (QED) is 0.885. The molecule has 110 valence electrons. The number of benzene rings is 1. The zero-order valence-electron chi connectivity index (χ0n) is 12.8. The molecule has 1 aromatic carbocycles. The molecule has 0 unspecified atom stereocenters. The molecule has 4 nitrogen and oxygen atoms in total. The third-order valence-electron chi connectivity index (χ3n) is 3.80. The summed E-state index contributed by atoms with van der Waals surface area (Å²) in [7, 11) is 0.